The van der Waals surface area contributed by atoms with Crippen molar-refractivity contribution < 1.29 is 14.6 Å². The fourth-order valence-corrected chi connectivity index (χ4v) is 2.94. The highest BCUT2D eigenvalue weighted by atomic mass is 35.5. The zero-order chi connectivity index (χ0) is 17.0. The quantitative estimate of drug-likeness (QED) is 0.744. The van der Waals surface area contributed by atoms with Gasteiger partial charge < -0.3 is 9.84 Å². The van der Waals surface area contributed by atoms with E-state index >= 15 is 0 Å². The Morgan fingerprint density at radius 3 is 2.39 bits per heavy atom. The van der Waals surface area contributed by atoms with Crippen LogP contribution >= 0.6 is 23.2 Å². The average molecular weight is 353 g/mol. The highest BCUT2D eigenvalue weighted by molar-refractivity contribution is 6.36. The van der Waals surface area contributed by atoms with Crippen molar-refractivity contribution in [2.75, 3.05) is 6.61 Å². The van der Waals surface area contributed by atoms with Gasteiger partial charge in [-0.25, -0.2) is 0 Å². The molecule has 0 saturated carbocycles. The van der Waals surface area contributed by atoms with E-state index in [2.05, 4.69) is 0 Å². The number of hydrogen-bond acceptors (Lipinski definition) is 3. The fraction of sp³-hybridized carbons (Fsp3) is 0.278. The highest BCUT2D eigenvalue weighted by Gasteiger charge is 2.12. The second-order valence-electron chi connectivity index (χ2n) is 5.57. The minimum Gasteiger partial charge on any atom is -0.508 e. The van der Waals surface area contributed by atoms with Crippen LogP contribution in [0.2, 0.25) is 10.0 Å². The summed E-state index contributed by atoms with van der Waals surface area (Å²) in [5, 5.41) is 10.9. The molecule has 0 saturated heterocycles. The summed E-state index contributed by atoms with van der Waals surface area (Å²) < 4.78 is 5.22. The molecule has 3 nitrogen and oxygen atoms in total. The van der Waals surface area contributed by atoms with E-state index in [0.717, 1.165) is 16.7 Å². The molecule has 5 heteroatoms. The Hall–Kier alpha value is -1.71. The summed E-state index contributed by atoms with van der Waals surface area (Å²) in [7, 11) is 0. The SMILES string of the molecule is CC(C)c1cc(Cc2c(Cl)cc(OCC=O)cc2Cl)ccc1O. The van der Waals surface area contributed by atoms with E-state index in [0.29, 0.717) is 34.3 Å². The van der Waals surface area contributed by atoms with Crippen LogP contribution < -0.4 is 4.74 Å². The largest absolute Gasteiger partial charge is 0.508 e. The molecule has 2 rings (SSSR count). The van der Waals surface area contributed by atoms with Crippen LogP contribution in [0.1, 0.15) is 36.5 Å². The van der Waals surface area contributed by atoms with Gasteiger partial charge in [0.1, 0.15) is 18.1 Å². The Kier molecular flexibility index (Phi) is 5.91. The van der Waals surface area contributed by atoms with E-state index < -0.39 is 0 Å². The number of carbonyl (C=O) groups is 1. The van der Waals surface area contributed by atoms with Gasteiger partial charge >= 0.3 is 0 Å². The third-order valence-corrected chi connectivity index (χ3v) is 4.20. The number of ether oxygens (including phenoxy) is 1. The second kappa shape index (κ2) is 7.71. The summed E-state index contributed by atoms with van der Waals surface area (Å²) in [6.07, 6.45) is 1.21. The van der Waals surface area contributed by atoms with Gasteiger partial charge in [0.05, 0.1) is 0 Å². The lowest BCUT2D eigenvalue weighted by molar-refractivity contribution is -0.109. The number of benzene rings is 2. The molecule has 122 valence electrons. The van der Waals surface area contributed by atoms with Crippen LogP contribution in [-0.2, 0) is 11.2 Å². The maximum atomic E-state index is 10.4. The Morgan fingerprint density at radius 1 is 1.17 bits per heavy atom. The fourth-order valence-electron chi connectivity index (χ4n) is 2.34. The number of halogens is 2. The van der Waals surface area contributed by atoms with Crippen molar-refractivity contribution in [2.45, 2.75) is 26.2 Å². The number of phenolic OH excluding ortho intramolecular Hbond substituents is 1. The monoisotopic (exact) mass is 352 g/mol. The van der Waals surface area contributed by atoms with E-state index in [9.17, 15) is 9.90 Å². The number of aromatic hydroxyl groups is 1. The first-order valence-electron chi connectivity index (χ1n) is 7.28. The lowest BCUT2D eigenvalue weighted by atomic mass is 9.96. The summed E-state index contributed by atoms with van der Waals surface area (Å²) in [6.45, 7) is 4.01. The minimum atomic E-state index is -0.0400. The molecule has 0 amide bonds. The minimum absolute atomic E-state index is 0.0400. The predicted octanol–water partition coefficient (Wildman–Crippen LogP) is 4.99. The van der Waals surface area contributed by atoms with E-state index in [-0.39, 0.29) is 12.5 Å². The first kappa shape index (κ1) is 17.6. The summed E-state index contributed by atoms with van der Waals surface area (Å²) in [6, 6.07) is 8.80. The first-order chi connectivity index (χ1) is 10.9. The summed E-state index contributed by atoms with van der Waals surface area (Å²) in [4.78, 5) is 10.4. The molecule has 0 heterocycles. The molecule has 0 bridgehead atoms. The van der Waals surface area contributed by atoms with Crippen LogP contribution in [0, 0.1) is 0 Å². The maximum Gasteiger partial charge on any atom is 0.157 e. The Balaban J connectivity index is 2.30. The van der Waals surface area contributed by atoms with Gasteiger partial charge in [-0.05, 0) is 40.8 Å². The number of carbonyl (C=O) groups excluding carboxylic acids is 1. The third-order valence-electron chi connectivity index (χ3n) is 3.53. The van der Waals surface area contributed by atoms with Crippen LogP contribution in [0.3, 0.4) is 0 Å². The topological polar surface area (TPSA) is 46.5 Å². The van der Waals surface area contributed by atoms with Crippen LogP contribution in [0.25, 0.3) is 0 Å². The normalized spacial score (nSPS) is 10.8. The summed E-state index contributed by atoms with van der Waals surface area (Å²) >= 11 is 12.6. The van der Waals surface area contributed by atoms with Crippen LogP contribution in [0.4, 0.5) is 0 Å². The average Bonchev–Trinajstić information content (AvgIpc) is 2.50. The molecule has 0 atom stereocenters. The van der Waals surface area contributed by atoms with Crippen molar-refractivity contribution in [2.24, 2.45) is 0 Å². The molecule has 0 aromatic heterocycles. The van der Waals surface area contributed by atoms with Gasteiger partial charge in [0.15, 0.2) is 6.29 Å². The zero-order valence-corrected chi connectivity index (χ0v) is 14.5. The molecule has 1 N–H and O–H groups in total. The van der Waals surface area contributed by atoms with Crippen LogP contribution in [0.15, 0.2) is 30.3 Å². The molecular formula is C18H18Cl2O3. The molecule has 0 radical (unpaired) electrons. The molecule has 0 aliphatic heterocycles. The second-order valence-corrected chi connectivity index (χ2v) is 6.38. The van der Waals surface area contributed by atoms with Crippen molar-refractivity contribution >= 4 is 29.5 Å². The smallest absolute Gasteiger partial charge is 0.157 e. The van der Waals surface area contributed by atoms with E-state index in [4.69, 9.17) is 27.9 Å². The van der Waals surface area contributed by atoms with E-state index in [1.165, 1.54) is 0 Å². The molecule has 0 aliphatic rings. The third kappa shape index (κ3) is 4.40. The molecule has 2 aromatic carbocycles. The lowest BCUT2D eigenvalue weighted by Crippen LogP contribution is -1.99. The molecule has 0 spiro atoms. The number of rotatable bonds is 6. The van der Waals surface area contributed by atoms with Crippen molar-refractivity contribution in [1.82, 2.24) is 0 Å². The summed E-state index contributed by atoms with van der Waals surface area (Å²) in [5.74, 6) is 0.975. The van der Waals surface area contributed by atoms with Gasteiger partial charge in [0, 0.05) is 16.5 Å². The number of phenols is 1. The number of hydrogen-bond donors (Lipinski definition) is 1. The molecule has 2 aromatic rings. The zero-order valence-electron chi connectivity index (χ0n) is 13.0. The van der Waals surface area contributed by atoms with E-state index in [1.807, 2.05) is 26.0 Å². The first-order valence-corrected chi connectivity index (χ1v) is 8.04. The van der Waals surface area contributed by atoms with Crippen molar-refractivity contribution in [3.8, 4) is 11.5 Å². The van der Waals surface area contributed by atoms with Gasteiger partial charge in [-0.1, -0.05) is 49.2 Å². The van der Waals surface area contributed by atoms with Gasteiger partial charge in [-0.2, -0.15) is 0 Å². The Bertz CT molecular complexity index is 688. The van der Waals surface area contributed by atoms with Crippen molar-refractivity contribution in [1.29, 1.82) is 0 Å². The van der Waals surface area contributed by atoms with Crippen molar-refractivity contribution in [3.05, 3.63) is 57.1 Å². The molecule has 0 fully saturated rings. The van der Waals surface area contributed by atoms with Gasteiger partial charge in [-0.3, -0.25) is 4.79 Å². The summed E-state index contributed by atoms with van der Waals surface area (Å²) in [5.41, 5.74) is 2.68. The Morgan fingerprint density at radius 2 is 1.83 bits per heavy atom. The maximum absolute atomic E-state index is 10.4. The number of aldehydes is 1. The Labute approximate surface area is 145 Å². The van der Waals surface area contributed by atoms with Crippen LogP contribution in [-0.4, -0.2) is 18.0 Å². The standard InChI is InChI=1S/C18H18Cl2O3/c1-11(2)14-7-12(3-4-18(14)22)8-15-16(19)9-13(10-17(15)20)23-6-5-21/h3-5,7,9-11,22H,6,8H2,1-2H3. The molecule has 0 unspecified atom stereocenters. The molecular weight excluding hydrogens is 335 g/mol. The van der Waals surface area contributed by atoms with Crippen LogP contribution in [0.5, 0.6) is 11.5 Å². The molecule has 23 heavy (non-hydrogen) atoms. The van der Waals surface area contributed by atoms with Gasteiger partial charge in [0.25, 0.3) is 0 Å². The molecule has 0 aliphatic carbocycles. The van der Waals surface area contributed by atoms with Gasteiger partial charge in [-0.15, -0.1) is 0 Å². The van der Waals surface area contributed by atoms with Gasteiger partial charge in [0.2, 0.25) is 0 Å². The lowest BCUT2D eigenvalue weighted by Gasteiger charge is -2.13. The highest BCUT2D eigenvalue weighted by Crippen LogP contribution is 2.33. The predicted molar refractivity (Wildman–Crippen MR) is 93.0 cm³/mol. The van der Waals surface area contributed by atoms with Crippen molar-refractivity contribution in [3.63, 3.8) is 0 Å². The van der Waals surface area contributed by atoms with E-state index in [1.54, 1.807) is 18.2 Å².